The molecule has 2 aliphatic heterocycles. The maximum Gasteiger partial charge on any atom is 0.265 e. The van der Waals surface area contributed by atoms with Crippen molar-refractivity contribution in [1.29, 1.82) is 0 Å². The molecule has 10 heteroatoms. The Labute approximate surface area is 144 Å². The number of carbonyl (C=O) groups excluding carboxylic acids is 1. The number of hydrogen-bond acceptors (Lipinski definition) is 7. The highest BCUT2D eigenvalue weighted by Crippen LogP contribution is 2.39. The summed E-state index contributed by atoms with van der Waals surface area (Å²) in [4.78, 5) is 13.0. The first-order valence-electron chi connectivity index (χ1n) is 7.54. The zero-order chi connectivity index (χ0) is 17.3. The second-order valence-corrected chi connectivity index (χ2v) is 9.00. The number of hydrogen-bond donors (Lipinski definition) is 1. The molecule has 0 bridgehead atoms. The van der Waals surface area contributed by atoms with E-state index < -0.39 is 10.0 Å². The Morgan fingerprint density at radius 2 is 2.08 bits per heavy atom. The van der Waals surface area contributed by atoms with E-state index in [1.54, 1.807) is 5.38 Å². The summed E-state index contributed by atoms with van der Waals surface area (Å²) in [5.41, 5.74) is 0. The van der Waals surface area contributed by atoms with Crippen molar-refractivity contribution in [3.63, 3.8) is 0 Å². The van der Waals surface area contributed by atoms with E-state index in [1.807, 2.05) is 0 Å². The van der Waals surface area contributed by atoms with Crippen LogP contribution in [0.15, 0.2) is 5.38 Å². The number of rotatable bonds is 5. The summed E-state index contributed by atoms with van der Waals surface area (Å²) in [6.45, 7) is 1.47. The Kier molecular flexibility index (Phi) is 5.00. The van der Waals surface area contributed by atoms with Gasteiger partial charge in [-0.3, -0.25) is 4.79 Å². The summed E-state index contributed by atoms with van der Waals surface area (Å²) < 4.78 is 41.6. The summed E-state index contributed by atoms with van der Waals surface area (Å²) in [6, 6.07) is -0.352. The first kappa shape index (κ1) is 17.5. The predicted molar refractivity (Wildman–Crippen MR) is 88.3 cm³/mol. The molecule has 2 aliphatic rings. The van der Waals surface area contributed by atoms with Crippen molar-refractivity contribution in [2.24, 2.45) is 5.92 Å². The summed E-state index contributed by atoms with van der Waals surface area (Å²) in [7, 11) is -0.370. The van der Waals surface area contributed by atoms with Crippen molar-refractivity contribution in [3.8, 4) is 11.5 Å². The van der Waals surface area contributed by atoms with E-state index in [0.717, 1.165) is 0 Å². The highest BCUT2D eigenvalue weighted by molar-refractivity contribution is 7.89. The van der Waals surface area contributed by atoms with Gasteiger partial charge in [0.05, 0.1) is 25.0 Å². The molecule has 2 atom stereocenters. The number of sulfonamides is 1. The van der Waals surface area contributed by atoms with Gasteiger partial charge in [-0.25, -0.2) is 12.7 Å². The number of carbonyl (C=O) groups is 1. The third-order valence-corrected chi connectivity index (χ3v) is 6.90. The van der Waals surface area contributed by atoms with Gasteiger partial charge in [-0.15, -0.1) is 11.3 Å². The van der Waals surface area contributed by atoms with E-state index in [0.29, 0.717) is 42.8 Å². The molecule has 24 heavy (non-hydrogen) atoms. The summed E-state index contributed by atoms with van der Waals surface area (Å²) >= 11 is 1.25. The maximum absolute atomic E-state index is 12.5. The monoisotopic (exact) mass is 376 g/mol. The van der Waals surface area contributed by atoms with Gasteiger partial charge >= 0.3 is 0 Å². The Balaban J connectivity index is 1.68. The normalized spacial score (nSPS) is 23.5. The van der Waals surface area contributed by atoms with Gasteiger partial charge in [-0.05, 0) is 0 Å². The van der Waals surface area contributed by atoms with E-state index in [4.69, 9.17) is 14.2 Å². The molecule has 0 aliphatic carbocycles. The molecule has 0 unspecified atom stereocenters. The molecule has 1 saturated heterocycles. The molecule has 1 N–H and O–H groups in total. The SMILES string of the molecule is CN(C)S(=O)(=O)C[C@@H]1COC[C@@H]1NC(=O)c1scc2c1OCCO2. The van der Waals surface area contributed by atoms with E-state index >= 15 is 0 Å². The number of ether oxygens (including phenoxy) is 3. The number of thiophene rings is 1. The minimum absolute atomic E-state index is 0.0624. The smallest absolute Gasteiger partial charge is 0.265 e. The molecule has 8 nitrogen and oxygen atoms in total. The summed E-state index contributed by atoms with van der Waals surface area (Å²) in [5.74, 6) is 0.391. The zero-order valence-electron chi connectivity index (χ0n) is 13.5. The summed E-state index contributed by atoms with van der Waals surface area (Å²) in [6.07, 6.45) is 0. The van der Waals surface area contributed by atoms with Gasteiger partial charge in [0.1, 0.15) is 18.1 Å². The molecule has 134 valence electrons. The van der Waals surface area contributed by atoms with Gasteiger partial charge < -0.3 is 19.5 Å². The van der Waals surface area contributed by atoms with Gasteiger partial charge in [0.2, 0.25) is 10.0 Å². The van der Waals surface area contributed by atoms with Crippen LogP contribution < -0.4 is 14.8 Å². The third kappa shape index (κ3) is 3.51. The van der Waals surface area contributed by atoms with Crippen LogP contribution in [0, 0.1) is 5.92 Å². The van der Waals surface area contributed by atoms with Crippen LogP contribution in [0.4, 0.5) is 0 Å². The van der Waals surface area contributed by atoms with Crippen LogP contribution in [-0.2, 0) is 14.8 Å². The second-order valence-electron chi connectivity index (χ2n) is 5.89. The minimum atomic E-state index is -3.36. The Morgan fingerprint density at radius 1 is 1.33 bits per heavy atom. The highest BCUT2D eigenvalue weighted by Gasteiger charge is 2.35. The van der Waals surface area contributed by atoms with Crippen LogP contribution in [-0.4, -0.2) is 70.9 Å². The highest BCUT2D eigenvalue weighted by atomic mass is 32.2. The van der Waals surface area contributed by atoms with Crippen molar-refractivity contribution in [1.82, 2.24) is 9.62 Å². The number of nitrogens with one attached hydrogen (secondary N) is 1. The topological polar surface area (TPSA) is 94.2 Å². The van der Waals surface area contributed by atoms with E-state index in [1.165, 1.54) is 29.7 Å². The van der Waals surface area contributed by atoms with Crippen LogP contribution in [0.1, 0.15) is 9.67 Å². The van der Waals surface area contributed by atoms with Gasteiger partial charge in [0.15, 0.2) is 11.5 Å². The first-order chi connectivity index (χ1) is 11.4. The van der Waals surface area contributed by atoms with Crippen LogP contribution in [0.3, 0.4) is 0 Å². The average molecular weight is 376 g/mol. The molecule has 3 rings (SSSR count). The van der Waals surface area contributed by atoms with Crippen molar-refractivity contribution >= 4 is 27.3 Å². The van der Waals surface area contributed by atoms with Crippen molar-refractivity contribution in [2.45, 2.75) is 6.04 Å². The largest absolute Gasteiger partial charge is 0.485 e. The fourth-order valence-corrected chi connectivity index (χ4v) is 4.60. The number of nitrogens with zero attached hydrogens (tertiary/aromatic N) is 1. The molecular weight excluding hydrogens is 356 g/mol. The Morgan fingerprint density at radius 3 is 2.83 bits per heavy atom. The van der Waals surface area contributed by atoms with E-state index in [2.05, 4.69) is 5.32 Å². The molecule has 3 heterocycles. The first-order valence-corrected chi connectivity index (χ1v) is 10.0. The van der Waals surface area contributed by atoms with Crippen LogP contribution in [0.2, 0.25) is 0 Å². The molecule has 1 aromatic heterocycles. The minimum Gasteiger partial charge on any atom is -0.485 e. The van der Waals surface area contributed by atoms with E-state index in [9.17, 15) is 13.2 Å². The lowest BCUT2D eigenvalue weighted by atomic mass is 10.1. The second kappa shape index (κ2) is 6.87. The lowest BCUT2D eigenvalue weighted by Crippen LogP contribution is -2.43. The molecule has 1 aromatic rings. The number of amides is 1. The van der Waals surface area contributed by atoms with Gasteiger partial charge in [-0.1, -0.05) is 0 Å². The number of fused-ring (bicyclic) bond motifs is 1. The van der Waals surface area contributed by atoms with Crippen molar-refractivity contribution < 1.29 is 27.4 Å². The maximum atomic E-state index is 12.5. The average Bonchev–Trinajstić information content (AvgIpc) is 3.13. The Bertz CT molecular complexity index is 715. The molecule has 0 radical (unpaired) electrons. The van der Waals surface area contributed by atoms with Crippen LogP contribution in [0.5, 0.6) is 11.5 Å². The van der Waals surface area contributed by atoms with Crippen LogP contribution in [0.25, 0.3) is 0 Å². The lowest BCUT2D eigenvalue weighted by molar-refractivity contribution is 0.0921. The molecule has 1 amide bonds. The fourth-order valence-electron chi connectivity index (χ4n) is 2.60. The third-order valence-electron chi connectivity index (χ3n) is 4.00. The van der Waals surface area contributed by atoms with Gasteiger partial charge in [0, 0.05) is 25.4 Å². The van der Waals surface area contributed by atoms with Gasteiger partial charge in [-0.2, -0.15) is 0 Å². The summed E-state index contributed by atoms with van der Waals surface area (Å²) in [5, 5.41) is 4.61. The fraction of sp³-hybridized carbons (Fsp3) is 0.643. The predicted octanol–water partition coefficient (Wildman–Crippen LogP) is 0.156. The quantitative estimate of drug-likeness (QED) is 0.787. The van der Waals surface area contributed by atoms with E-state index in [-0.39, 0.29) is 23.6 Å². The van der Waals surface area contributed by atoms with Gasteiger partial charge in [0.25, 0.3) is 5.91 Å². The van der Waals surface area contributed by atoms with Crippen molar-refractivity contribution in [3.05, 3.63) is 10.3 Å². The molecule has 0 aromatic carbocycles. The zero-order valence-corrected chi connectivity index (χ0v) is 15.1. The standard InChI is InChI=1S/C14H20N2O6S2/c1-16(2)24(18,19)8-9-5-20-6-10(9)15-14(17)13-12-11(7-23-13)21-3-4-22-12/h7,9-10H,3-6,8H2,1-2H3,(H,15,17)/t9-,10-/m0/s1. The lowest BCUT2D eigenvalue weighted by Gasteiger charge is -2.21. The van der Waals surface area contributed by atoms with Crippen molar-refractivity contribution in [2.75, 3.05) is 46.3 Å². The molecule has 0 spiro atoms. The molecular formula is C14H20N2O6S2. The molecule has 0 saturated carbocycles. The van der Waals surface area contributed by atoms with Crippen LogP contribution >= 0.6 is 11.3 Å². The molecule has 1 fully saturated rings. The Hall–Kier alpha value is -1.36.